The fourth-order valence-electron chi connectivity index (χ4n) is 2.83. The first-order valence-corrected chi connectivity index (χ1v) is 9.18. The Morgan fingerprint density at radius 3 is 2.54 bits per heavy atom. The lowest BCUT2D eigenvalue weighted by Crippen LogP contribution is -2.37. The van der Waals surface area contributed by atoms with Crippen molar-refractivity contribution >= 4 is 23.4 Å². The quantitative estimate of drug-likeness (QED) is 0.638. The molecule has 0 aliphatic heterocycles. The van der Waals surface area contributed by atoms with Gasteiger partial charge in [-0.3, -0.25) is 9.59 Å². The molecule has 0 fully saturated rings. The molecular weight excluding hydrogens is 380 g/mol. The van der Waals surface area contributed by atoms with Crippen molar-refractivity contribution in [2.75, 3.05) is 6.54 Å². The summed E-state index contributed by atoms with van der Waals surface area (Å²) >= 11 is 5.94. The smallest absolute Gasteiger partial charge is 0.239 e. The number of halogens is 1. The number of furan rings is 1. The predicted octanol–water partition coefficient (Wildman–Crippen LogP) is 2.71. The van der Waals surface area contributed by atoms with Crippen molar-refractivity contribution < 1.29 is 14.0 Å². The van der Waals surface area contributed by atoms with Crippen LogP contribution in [0.15, 0.2) is 47.1 Å². The summed E-state index contributed by atoms with van der Waals surface area (Å²) in [5.74, 6) is 0.130. The average Bonchev–Trinajstić information content (AvgIpc) is 3.29. The molecule has 1 aromatic carbocycles. The standard InChI is InChI=1S/C20H21ClN4O3/c1-13-18(14(2)25(24-13)16-7-5-15(21)6-8-16)10-19(26)23-12-20(27)22-11-17-4-3-9-28-17/h3-9H,10-12H2,1-2H3,(H,22,27)(H,23,26). The second-order valence-corrected chi connectivity index (χ2v) is 6.78. The van der Waals surface area contributed by atoms with Gasteiger partial charge in [0.1, 0.15) is 5.76 Å². The van der Waals surface area contributed by atoms with Crippen molar-refractivity contribution in [3.63, 3.8) is 0 Å². The Morgan fingerprint density at radius 1 is 1.11 bits per heavy atom. The third kappa shape index (κ3) is 4.80. The lowest BCUT2D eigenvalue weighted by Gasteiger charge is -2.07. The summed E-state index contributed by atoms with van der Waals surface area (Å²) in [4.78, 5) is 24.1. The molecule has 0 atom stereocenters. The van der Waals surface area contributed by atoms with Crippen LogP contribution in [0.4, 0.5) is 0 Å². The Labute approximate surface area is 167 Å². The number of hydrogen-bond acceptors (Lipinski definition) is 4. The van der Waals surface area contributed by atoms with Crippen LogP contribution in [0.25, 0.3) is 5.69 Å². The molecule has 3 aromatic rings. The van der Waals surface area contributed by atoms with E-state index in [9.17, 15) is 9.59 Å². The highest BCUT2D eigenvalue weighted by Crippen LogP contribution is 2.20. The van der Waals surface area contributed by atoms with Gasteiger partial charge in [-0.2, -0.15) is 5.10 Å². The zero-order valence-corrected chi connectivity index (χ0v) is 16.4. The highest BCUT2D eigenvalue weighted by molar-refractivity contribution is 6.30. The first kappa shape index (κ1) is 19.7. The lowest BCUT2D eigenvalue weighted by atomic mass is 10.1. The number of rotatable bonds is 7. The number of hydrogen-bond donors (Lipinski definition) is 2. The van der Waals surface area contributed by atoms with E-state index in [1.807, 2.05) is 26.0 Å². The molecule has 0 bridgehead atoms. The van der Waals surface area contributed by atoms with Crippen molar-refractivity contribution in [1.29, 1.82) is 0 Å². The summed E-state index contributed by atoms with van der Waals surface area (Å²) in [6.07, 6.45) is 1.69. The molecule has 0 spiro atoms. The van der Waals surface area contributed by atoms with Crippen LogP contribution >= 0.6 is 11.6 Å². The van der Waals surface area contributed by atoms with Crippen LogP contribution < -0.4 is 10.6 Å². The topological polar surface area (TPSA) is 89.2 Å². The molecule has 2 N–H and O–H groups in total. The first-order valence-electron chi connectivity index (χ1n) is 8.81. The van der Waals surface area contributed by atoms with E-state index in [2.05, 4.69) is 15.7 Å². The summed E-state index contributed by atoms with van der Waals surface area (Å²) in [6, 6.07) is 10.8. The second kappa shape index (κ2) is 8.75. The fraction of sp³-hybridized carbons (Fsp3) is 0.250. The van der Waals surface area contributed by atoms with E-state index in [0.717, 1.165) is 22.6 Å². The Kier molecular flexibility index (Phi) is 6.16. The number of aromatic nitrogens is 2. The van der Waals surface area contributed by atoms with Gasteiger partial charge in [0.05, 0.1) is 37.2 Å². The molecule has 7 nitrogen and oxygen atoms in total. The number of nitrogens with one attached hydrogen (secondary N) is 2. The lowest BCUT2D eigenvalue weighted by molar-refractivity contribution is -0.125. The van der Waals surface area contributed by atoms with Gasteiger partial charge in [0.15, 0.2) is 0 Å². The van der Waals surface area contributed by atoms with Crippen molar-refractivity contribution in [3.8, 4) is 5.69 Å². The van der Waals surface area contributed by atoms with E-state index >= 15 is 0 Å². The van der Waals surface area contributed by atoms with Crippen LogP contribution in [0.1, 0.15) is 22.7 Å². The summed E-state index contributed by atoms with van der Waals surface area (Å²) < 4.78 is 6.92. The molecule has 146 valence electrons. The van der Waals surface area contributed by atoms with Gasteiger partial charge in [0.2, 0.25) is 11.8 Å². The van der Waals surface area contributed by atoms with Crippen LogP contribution in [0, 0.1) is 13.8 Å². The van der Waals surface area contributed by atoms with Gasteiger partial charge in [-0.05, 0) is 50.2 Å². The predicted molar refractivity (Wildman–Crippen MR) is 105 cm³/mol. The van der Waals surface area contributed by atoms with Gasteiger partial charge < -0.3 is 15.1 Å². The first-order chi connectivity index (χ1) is 13.4. The number of aryl methyl sites for hydroxylation is 1. The zero-order chi connectivity index (χ0) is 20.1. The van der Waals surface area contributed by atoms with Crippen molar-refractivity contribution in [2.24, 2.45) is 0 Å². The van der Waals surface area contributed by atoms with Gasteiger partial charge in [-0.15, -0.1) is 0 Å². The molecule has 8 heteroatoms. The molecule has 0 aliphatic rings. The minimum atomic E-state index is -0.282. The molecule has 0 radical (unpaired) electrons. The summed E-state index contributed by atoms with van der Waals surface area (Å²) in [5.41, 5.74) is 3.35. The van der Waals surface area contributed by atoms with Crippen LogP contribution in [0.5, 0.6) is 0 Å². The minimum absolute atomic E-state index is 0.0943. The molecule has 0 unspecified atom stereocenters. The van der Waals surface area contributed by atoms with E-state index in [4.69, 9.17) is 16.0 Å². The van der Waals surface area contributed by atoms with E-state index in [1.165, 1.54) is 6.26 Å². The van der Waals surface area contributed by atoms with Gasteiger partial charge in [-0.1, -0.05) is 11.6 Å². The normalized spacial score (nSPS) is 10.7. The molecule has 2 heterocycles. The van der Waals surface area contributed by atoms with E-state index in [-0.39, 0.29) is 31.3 Å². The van der Waals surface area contributed by atoms with Gasteiger partial charge in [0, 0.05) is 16.3 Å². The van der Waals surface area contributed by atoms with Gasteiger partial charge >= 0.3 is 0 Å². The fourth-order valence-corrected chi connectivity index (χ4v) is 2.95. The maximum atomic E-state index is 12.3. The van der Waals surface area contributed by atoms with Crippen LogP contribution in [-0.4, -0.2) is 28.1 Å². The number of benzene rings is 1. The van der Waals surface area contributed by atoms with Crippen molar-refractivity contribution in [1.82, 2.24) is 20.4 Å². The Morgan fingerprint density at radius 2 is 1.86 bits per heavy atom. The number of carbonyl (C=O) groups is 2. The van der Waals surface area contributed by atoms with E-state index < -0.39 is 0 Å². The molecule has 3 rings (SSSR count). The molecule has 2 amide bonds. The number of amides is 2. The van der Waals surface area contributed by atoms with Crippen LogP contribution in [0.3, 0.4) is 0 Å². The largest absolute Gasteiger partial charge is 0.467 e. The maximum Gasteiger partial charge on any atom is 0.239 e. The molecule has 2 aromatic heterocycles. The summed E-state index contributed by atoms with van der Waals surface area (Å²) in [5, 5.41) is 10.5. The maximum absolute atomic E-state index is 12.3. The van der Waals surface area contributed by atoms with E-state index in [0.29, 0.717) is 10.8 Å². The summed E-state index contributed by atoms with van der Waals surface area (Å²) in [7, 11) is 0. The molecule has 0 aliphatic carbocycles. The van der Waals surface area contributed by atoms with Crippen LogP contribution in [-0.2, 0) is 22.6 Å². The van der Waals surface area contributed by atoms with Crippen molar-refractivity contribution in [3.05, 3.63) is 70.4 Å². The Bertz CT molecular complexity index is 962. The van der Waals surface area contributed by atoms with Crippen LogP contribution in [0.2, 0.25) is 5.02 Å². The monoisotopic (exact) mass is 400 g/mol. The minimum Gasteiger partial charge on any atom is -0.467 e. The second-order valence-electron chi connectivity index (χ2n) is 6.35. The van der Waals surface area contributed by atoms with E-state index in [1.54, 1.807) is 28.9 Å². The van der Waals surface area contributed by atoms with Crippen molar-refractivity contribution in [2.45, 2.75) is 26.8 Å². The number of nitrogens with zero attached hydrogens (tertiary/aromatic N) is 2. The van der Waals surface area contributed by atoms with Gasteiger partial charge in [-0.25, -0.2) is 4.68 Å². The molecule has 0 saturated heterocycles. The zero-order valence-electron chi connectivity index (χ0n) is 15.7. The Hall–Kier alpha value is -3.06. The third-order valence-corrected chi connectivity index (χ3v) is 4.59. The molecule has 0 saturated carbocycles. The average molecular weight is 401 g/mol. The highest BCUT2D eigenvalue weighted by atomic mass is 35.5. The SMILES string of the molecule is Cc1nn(-c2ccc(Cl)cc2)c(C)c1CC(=O)NCC(=O)NCc1ccco1. The third-order valence-electron chi connectivity index (χ3n) is 4.34. The summed E-state index contributed by atoms with van der Waals surface area (Å²) in [6.45, 7) is 3.96. The van der Waals surface area contributed by atoms with Gasteiger partial charge in [0.25, 0.3) is 0 Å². The highest BCUT2D eigenvalue weighted by Gasteiger charge is 2.16. The molecular formula is C20H21ClN4O3. The Balaban J connectivity index is 1.56. The number of carbonyl (C=O) groups excluding carboxylic acids is 2. The molecule has 28 heavy (non-hydrogen) atoms.